The number of nitrogens with one attached hydrogen (secondary N) is 1. The maximum atomic E-state index is 12.6. The molecule has 5 nitrogen and oxygen atoms in total. The minimum Gasteiger partial charge on any atom is -0.357 e. The van der Waals surface area contributed by atoms with E-state index in [9.17, 15) is 4.79 Å². The van der Waals surface area contributed by atoms with Crippen LogP contribution >= 0.6 is 35.3 Å². The Morgan fingerprint density at radius 1 is 1.40 bits per heavy atom. The fraction of sp³-hybridized carbons (Fsp3) is 0.667. The van der Waals surface area contributed by atoms with Gasteiger partial charge in [-0.25, -0.2) is 4.99 Å². The first-order chi connectivity index (χ1) is 11.7. The van der Waals surface area contributed by atoms with E-state index in [0.29, 0.717) is 5.92 Å². The molecule has 0 aliphatic carbocycles. The van der Waals surface area contributed by atoms with E-state index in [0.717, 1.165) is 45.1 Å². The number of piperidine rings is 1. The van der Waals surface area contributed by atoms with E-state index in [1.165, 1.54) is 23.3 Å². The number of guanidine groups is 1. The summed E-state index contributed by atoms with van der Waals surface area (Å²) >= 11 is 1.80. The van der Waals surface area contributed by atoms with Crippen LogP contribution in [-0.2, 0) is 17.8 Å². The highest BCUT2D eigenvalue weighted by molar-refractivity contribution is 14.0. The topological polar surface area (TPSA) is 47.9 Å². The van der Waals surface area contributed by atoms with Gasteiger partial charge in [-0.05, 0) is 49.1 Å². The third-order valence-electron chi connectivity index (χ3n) is 4.82. The van der Waals surface area contributed by atoms with Gasteiger partial charge in [0.25, 0.3) is 0 Å². The molecular formula is C18H29IN4OS. The quantitative estimate of drug-likeness (QED) is 0.415. The molecule has 7 heteroatoms. The third kappa shape index (κ3) is 5.32. The lowest BCUT2D eigenvalue weighted by molar-refractivity contribution is -0.130. The average Bonchev–Trinajstić information content (AvgIpc) is 3.06. The lowest BCUT2D eigenvalue weighted by atomic mass is 10.0. The van der Waals surface area contributed by atoms with Crippen molar-refractivity contribution in [3.05, 3.63) is 21.9 Å². The maximum Gasteiger partial charge on any atom is 0.244 e. The van der Waals surface area contributed by atoms with Gasteiger partial charge in [-0.1, -0.05) is 6.92 Å². The summed E-state index contributed by atoms with van der Waals surface area (Å²) in [6.07, 6.45) is 3.46. The molecule has 1 saturated heterocycles. The summed E-state index contributed by atoms with van der Waals surface area (Å²) in [6.45, 7) is 9.06. The molecule has 140 valence electrons. The molecule has 2 aliphatic heterocycles. The highest BCUT2D eigenvalue weighted by atomic mass is 127. The number of hydrogen-bond acceptors (Lipinski definition) is 3. The van der Waals surface area contributed by atoms with E-state index in [1.807, 2.05) is 4.90 Å². The Morgan fingerprint density at radius 3 is 3.00 bits per heavy atom. The maximum absolute atomic E-state index is 12.6. The Labute approximate surface area is 171 Å². The van der Waals surface area contributed by atoms with Crippen molar-refractivity contribution in [2.24, 2.45) is 10.9 Å². The van der Waals surface area contributed by atoms with E-state index in [-0.39, 0.29) is 36.4 Å². The standard InChI is InChI=1S/C18H28N4OS.HI/c1-3-19-18(22-8-4-5-14(2)12-22)20-11-17(23)21-9-6-16-15(13-21)7-10-24-16;/h7,10,14H,3-6,8-9,11-13H2,1-2H3,(H,19,20);1H. The number of rotatable bonds is 3. The second kappa shape index (κ2) is 9.75. The predicted octanol–water partition coefficient (Wildman–Crippen LogP) is 2.95. The molecule has 3 rings (SSSR count). The summed E-state index contributed by atoms with van der Waals surface area (Å²) in [5.41, 5.74) is 1.31. The van der Waals surface area contributed by atoms with Gasteiger partial charge in [0, 0.05) is 37.6 Å². The highest BCUT2D eigenvalue weighted by Gasteiger charge is 2.22. The number of carbonyl (C=O) groups excluding carboxylic acids is 1. The van der Waals surface area contributed by atoms with Crippen molar-refractivity contribution in [2.45, 2.75) is 39.7 Å². The smallest absolute Gasteiger partial charge is 0.244 e. The van der Waals surface area contributed by atoms with E-state index in [1.54, 1.807) is 11.3 Å². The lowest BCUT2D eigenvalue weighted by Crippen LogP contribution is -2.47. The summed E-state index contributed by atoms with van der Waals surface area (Å²) in [5.74, 6) is 1.72. The second-order valence-corrected chi connectivity index (χ2v) is 7.80. The number of amides is 1. The van der Waals surface area contributed by atoms with Crippen molar-refractivity contribution < 1.29 is 4.79 Å². The van der Waals surface area contributed by atoms with Crippen LogP contribution in [0.2, 0.25) is 0 Å². The largest absolute Gasteiger partial charge is 0.357 e. The van der Waals surface area contributed by atoms with Crippen molar-refractivity contribution in [1.82, 2.24) is 15.1 Å². The minimum absolute atomic E-state index is 0. The molecule has 1 aromatic heterocycles. The molecular weight excluding hydrogens is 447 g/mol. The summed E-state index contributed by atoms with van der Waals surface area (Å²) in [6, 6.07) is 2.14. The van der Waals surface area contributed by atoms with Gasteiger partial charge in [-0.2, -0.15) is 0 Å². The second-order valence-electron chi connectivity index (χ2n) is 6.80. The number of likely N-dealkylation sites (tertiary alicyclic amines) is 1. The number of fused-ring (bicyclic) bond motifs is 1. The van der Waals surface area contributed by atoms with Crippen LogP contribution in [0.4, 0.5) is 0 Å². The van der Waals surface area contributed by atoms with Gasteiger partial charge in [0.15, 0.2) is 5.96 Å². The molecule has 1 atom stereocenters. The van der Waals surface area contributed by atoms with Crippen molar-refractivity contribution >= 4 is 47.2 Å². The van der Waals surface area contributed by atoms with Gasteiger partial charge in [0.1, 0.15) is 6.54 Å². The van der Waals surface area contributed by atoms with Crippen molar-refractivity contribution in [2.75, 3.05) is 32.7 Å². The molecule has 1 amide bonds. The first-order valence-corrected chi connectivity index (χ1v) is 9.91. The first-order valence-electron chi connectivity index (χ1n) is 9.03. The predicted molar refractivity (Wildman–Crippen MR) is 115 cm³/mol. The SMILES string of the molecule is CCNC(=NCC(=O)N1CCc2sccc2C1)N1CCCC(C)C1.I. The number of halogens is 1. The highest BCUT2D eigenvalue weighted by Crippen LogP contribution is 2.24. The molecule has 0 bridgehead atoms. The zero-order valence-electron chi connectivity index (χ0n) is 15.2. The van der Waals surface area contributed by atoms with Crippen LogP contribution < -0.4 is 5.32 Å². The Hall–Kier alpha value is -0.830. The normalized spacial score (nSPS) is 20.7. The molecule has 1 fully saturated rings. The number of thiophene rings is 1. The van der Waals surface area contributed by atoms with Crippen LogP contribution in [0.15, 0.2) is 16.4 Å². The van der Waals surface area contributed by atoms with E-state index in [4.69, 9.17) is 0 Å². The Morgan fingerprint density at radius 2 is 2.24 bits per heavy atom. The molecule has 0 spiro atoms. The fourth-order valence-corrected chi connectivity index (χ4v) is 4.40. The lowest BCUT2D eigenvalue weighted by Gasteiger charge is -2.33. The molecule has 0 saturated carbocycles. The van der Waals surface area contributed by atoms with Gasteiger partial charge < -0.3 is 15.1 Å². The zero-order chi connectivity index (χ0) is 16.9. The Balaban J connectivity index is 0.00000225. The zero-order valence-corrected chi connectivity index (χ0v) is 18.3. The van der Waals surface area contributed by atoms with Crippen LogP contribution in [0.25, 0.3) is 0 Å². The van der Waals surface area contributed by atoms with Gasteiger partial charge >= 0.3 is 0 Å². The van der Waals surface area contributed by atoms with E-state index >= 15 is 0 Å². The molecule has 25 heavy (non-hydrogen) atoms. The summed E-state index contributed by atoms with van der Waals surface area (Å²) in [4.78, 5) is 22.9. The minimum atomic E-state index is 0. The summed E-state index contributed by atoms with van der Waals surface area (Å²) < 4.78 is 0. The van der Waals surface area contributed by atoms with Crippen molar-refractivity contribution in [3.8, 4) is 0 Å². The number of carbonyl (C=O) groups is 1. The van der Waals surface area contributed by atoms with Crippen molar-refractivity contribution in [1.29, 1.82) is 0 Å². The fourth-order valence-electron chi connectivity index (χ4n) is 3.51. The number of aliphatic imine (C=N–C) groups is 1. The molecule has 1 aromatic rings. The molecule has 2 aliphatic rings. The summed E-state index contributed by atoms with van der Waals surface area (Å²) in [5, 5.41) is 5.47. The van der Waals surface area contributed by atoms with Gasteiger partial charge in [-0.15, -0.1) is 35.3 Å². The van der Waals surface area contributed by atoms with E-state index < -0.39 is 0 Å². The number of hydrogen-bond donors (Lipinski definition) is 1. The molecule has 1 N–H and O–H groups in total. The van der Waals surface area contributed by atoms with Gasteiger partial charge in [0.05, 0.1) is 0 Å². The van der Waals surface area contributed by atoms with Crippen LogP contribution in [0.3, 0.4) is 0 Å². The monoisotopic (exact) mass is 476 g/mol. The molecule has 0 aromatic carbocycles. The van der Waals surface area contributed by atoms with Crippen LogP contribution in [0.1, 0.15) is 37.1 Å². The van der Waals surface area contributed by atoms with Gasteiger partial charge in [0.2, 0.25) is 5.91 Å². The molecule has 0 radical (unpaired) electrons. The first kappa shape index (κ1) is 20.5. The molecule has 1 unspecified atom stereocenters. The van der Waals surface area contributed by atoms with Gasteiger partial charge in [-0.3, -0.25) is 4.79 Å². The Kier molecular flexibility index (Phi) is 7.99. The van der Waals surface area contributed by atoms with Crippen LogP contribution in [0, 0.1) is 5.92 Å². The summed E-state index contributed by atoms with van der Waals surface area (Å²) in [7, 11) is 0. The van der Waals surface area contributed by atoms with Crippen LogP contribution in [-0.4, -0.2) is 54.4 Å². The van der Waals surface area contributed by atoms with Crippen molar-refractivity contribution in [3.63, 3.8) is 0 Å². The number of nitrogens with zero attached hydrogens (tertiary/aromatic N) is 3. The third-order valence-corrected chi connectivity index (χ3v) is 5.84. The van der Waals surface area contributed by atoms with Crippen LogP contribution in [0.5, 0.6) is 0 Å². The average molecular weight is 476 g/mol. The Bertz CT molecular complexity index is 604. The molecule has 3 heterocycles. The van der Waals surface area contributed by atoms with E-state index in [2.05, 4.69) is 40.5 Å².